The zero-order chi connectivity index (χ0) is 17.6. The summed E-state index contributed by atoms with van der Waals surface area (Å²) < 4.78 is 0. The molecule has 0 aliphatic carbocycles. The first-order chi connectivity index (χ1) is 11.9. The number of nitrogens with one attached hydrogen (secondary N) is 1. The van der Waals surface area contributed by atoms with Gasteiger partial charge in [0.05, 0.1) is 17.1 Å². The Labute approximate surface area is 154 Å². The fourth-order valence-electron chi connectivity index (χ4n) is 3.44. The molecule has 2 heterocycles. The van der Waals surface area contributed by atoms with Crippen molar-refractivity contribution < 1.29 is 0 Å². The molecular formula is C21H22ClN3. The summed E-state index contributed by atoms with van der Waals surface area (Å²) >= 11 is 6.22. The van der Waals surface area contributed by atoms with Gasteiger partial charge in [0.1, 0.15) is 0 Å². The third-order valence-corrected chi connectivity index (χ3v) is 5.41. The second-order valence-electron chi connectivity index (χ2n) is 7.29. The summed E-state index contributed by atoms with van der Waals surface area (Å²) in [5.41, 5.74) is 6.45. The summed E-state index contributed by atoms with van der Waals surface area (Å²) in [6, 6.07) is 14.2. The van der Waals surface area contributed by atoms with Gasteiger partial charge in [0.25, 0.3) is 0 Å². The summed E-state index contributed by atoms with van der Waals surface area (Å²) in [5, 5.41) is 4.22. The van der Waals surface area contributed by atoms with Gasteiger partial charge in [-0.15, -0.1) is 0 Å². The lowest BCUT2D eigenvalue weighted by atomic mass is 9.88. The molecule has 0 unspecified atom stereocenters. The Hall–Kier alpha value is -2.10. The smallest absolute Gasteiger partial charge is 0.0886 e. The van der Waals surface area contributed by atoms with Crippen LogP contribution in [0.1, 0.15) is 25.8 Å². The summed E-state index contributed by atoms with van der Waals surface area (Å²) in [6.07, 6.45) is 3.34. The molecule has 1 N–H and O–H groups in total. The van der Waals surface area contributed by atoms with Crippen molar-refractivity contribution in [1.82, 2.24) is 4.90 Å². The van der Waals surface area contributed by atoms with Gasteiger partial charge in [-0.25, -0.2) is 4.99 Å². The first-order valence-corrected chi connectivity index (χ1v) is 9.00. The number of benzene rings is 2. The maximum absolute atomic E-state index is 6.22. The SMILES string of the molecule is CN1CCC(C2=Nc3cc(Cl)ccc3Nc3ccccc32)=CC1(C)C. The molecule has 25 heavy (non-hydrogen) atoms. The van der Waals surface area contributed by atoms with Gasteiger partial charge in [0, 0.05) is 28.4 Å². The molecule has 0 aromatic heterocycles. The van der Waals surface area contributed by atoms with E-state index in [4.69, 9.17) is 16.6 Å². The van der Waals surface area contributed by atoms with Gasteiger partial charge in [-0.2, -0.15) is 0 Å². The molecule has 2 aliphatic heterocycles. The normalized spacial score (nSPS) is 19.0. The molecule has 0 bridgehead atoms. The highest BCUT2D eigenvalue weighted by Crippen LogP contribution is 2.38. The van der Waals surface area contributed by atoms with E-state index in [1.807, 2.05) is 18.2 Å². The van der Waals surface area contributed by atoms with Crippen LogP contribution in [0.5, 0.6) is 0 Å². The largest absolute Gasteiger partial charge is 0.353 e. The predicted octanol–water partition coefficient (Wildman–Crippen LogP) is 5.56. The number of para-hydroxylation sites is 1. The van der Waals surface area contributed by atoms with Crippen LogP contribution in [0.3, 0.4) is 0 Å². The molecule has 0 amide bonds. The number of rotatable bonds is 1. The summed E-state index contributed by atoms with van der Waals surface area (Å²) in [4.78, 5) is 7.42. The molecule has 2 aromatic rings. The molecule has 2 aromatic carbocycles. The highest BCUT2D eigenvalue weighted by molar-refractivity contribution is 6.31. The second kappa shape index (κ2) is 6.01. The lowest BCUT2D eigenvalue weighted by Gasteiger charge is -2.38. The summed E-state index contributed by atoms with van der Waals surface area (Å²) in [7, 11) is 2.17. The fourth-order valence-corrected chi connectivity index (χ4v) is 3.61. The average molecular weight is 352 g/mol. The van der Waals surface area contributed by atoms with Crippen molar-refractivity contribution >= 4 is 34.4 Å². The van der Waals surface area contributed by atoms with E-state index in [2.05, 4.69) is 61.5 Å². The summed E-state index contributed by atoms with van der Waals surface area (Å²) in [6.45, 7) is 5.52. The zero-order valence-corrected chi connectivity index (χ0v) is 15.6. The number of aliphatic imine (C=N–C) groups is 1. The van der Waals surface area contributed by atoms with Crippen molar-refractivity contribution in [2.75, 3.05) is 18.9 Å². The van der Waals surface area contributed by atoms with Crippen LogP contribution in [0.15, 0.2) is 59.1 Å². The van der Waals surface area contributed by atoms with Crippen LogP contribution >= 0.6 is 11.6 Å². The molecule has 2 aliphatic rings. The molecule has 0 radical (unpaired) electrons. The van der Waals surface area contributed by atoms with Crippen molar-refractivity contribution in [2.45, 2.75) is 25.8 Å². The zero-order valence-electron chi connectivity index (χ0n) is 14.8. The van der Waals surface area contributed by atoms with Crippen LogP contribution < -0.4 is 5.32 Å². The Morgan fingerprint density at radius 3 is 2.72 bits per heavy atom. The second-order valence-corrected chi connectivity index (χ2v) is 7.72. The van der Waals surface area contributed by atoms with E-state index in [1.165, 1.54) is 5.57 Å². The highest BCUT2D eigenvalue weighted by Gasteiger charge is 2.29. The Bertz CT molecular complexity index is 896. The molecule has 4 rings (SSSR count). The quantitative estimate of drug-likeness (QED) is 0.728. The van der Waals surface area contributed by atoms with Crippen LogP contribution in [-0.4, -0.2) is 29.7 Å². The Morgan fingerprint density at radius 2 is 1.92 bits per heavy atom. The molecule has 0 saturated heterocycles. The average Bonchev–Trinajstić information content (AvgIpc) is 2.74. The summed E-state index contributed by atoms with van der Waals surface area (Å²) in [5.74, 6) is 0. The van der Waals surface area contributed by atoms with Crippen LogP contribution in [-0.2, 0) is 0 Å². The number of fused-ring (bicyclic) bond motifs is 2. The van der Waals surface area contributed by atoms with E-state index in [0.717, 1.165) is 41.3 Å². The third kappa shape index (κ3) is 2.99. The van der Waals surface area contributed by atoms with Crippen LogP contribution in [0.25, 0.3) is 0 Å². The highest BCUT2D eigenvalue weighted by atomic mass is 35.5. The molecule has 128 valence electrons. The molecule has 0 fully saturated rings. The molecule has 0 atom stereocenters. The molecular weight excluding hydrogens is 330 g/mol. The van der Waals surface area contributed by atoms with Crippen molar-refractivity contribution in [3.8, 4) is 0 Å². The van der Waals surface area contributed by atoms with Crippen molar-refractivity contribution in [1.29, 1.82) is 0 Å². The lowest BCUT2D eigenvalue weighted by molar-refractivity contribution is 0.195. The predicted molar refractivity (Wildman–Crippen MR) is 107 cm³/mol. The maximum Gasteiger partial charge on any atom is 0.0886 e. The van der Waals surface area contributed by atoms with Crippen molar-refractivity contribution in [2.24, 2.45) is 4.99 Å². The van der Waals surface area contributed by atoms with E-state index >= 15 is 0 Å². The van der Waals surface area contributed by atoms with E-state index in [0.29, 0.717) is 5.02 Å². The number of hydrogen-bond donors (Lipinski definition) is 1. The lowest BCUT2D eigenvalue weighted by Crippen LogP contribution is -2.43. The van der Waals surface area contributed by atoms with Crippen LogP contribution in [0, 0.1) is 0 Å². The number of halogens is 1. The molecule has 0 spiro atoms. The minimum Gasteiger partial charge on any atom is -0.353 e. The number of anilines is 2. The van der Waals surface area contributed by atoms with Gasteiger partial charge >= 0.3 is 0 Å². The van der Waals surface area contributed by atoms with Gasteiger partial charge in [-0.3, -0.25) is 4.90 Å². The van der Waals surface area contributed by atoms with Crippen molar-refractivity contribution in [3.05, 3.63) is 64.7 Å². The van der Waals surface area contributed by atoms with E-state index in [9.17, 15) is 0 Å². The molecule has 0 saturated carbocycles. The third-order valence-electron chi connectivity index (χ3n) is 5.18. The van der Waals surface area contributed by atoms with E-state index < -0.39 is 0 Å². The number of nitrogens with zero attached hydrogens (tertiary/aromatic N) is 2. The molecule has 3 nitrogen and oxygen atoms in total. The minimum absolute atomic E-state index is 0.0158. The van der Waals surface area contributed by atoms with Gasteiger partial charge in [-0.1, -0.05) is 35.9 Å². The Kier molecular flexibility index (Phi) is 3.94. The molecule has 4 heteroatoms. The first-order valence-electron chi connectivity index (χ1n) is 8.62. The van der Waals surface area contributed by atoms with Gasteiger partial charge in [0.15, 0.2) is 0 Å². The maximum atomic E-state index is 6.22. The van der Waals surface area contributed by atoms with E-state index in [-0.39, 0.29) is 5.54 Å². The van der Waals surface area contributed by atoms with Gasteiger partial charge < -0.3 is 5.32 Å². The Morgan fingerprint density at radius 1 is 1.12 bits per heavy atom. The van der Waals surface area contributed by atoms with Crippen molar-refractivity contribution in [3.63, 3.8) is 0 Å². The van der Waals surface area contributed by atoms with Gasteiger partial charge in [0.2, 0.25) is 0 Å². The fraction of sp³-hybridized carbons (Fsp3) is 0.286. The van der Waals surface area contributed by atoms with E-state index in [1.54, 1.807) is 0 Å². The van der Waals surface area contributed by atoms with Crippen LogP contribution in [0.2, 0.25) is 5.02 Å². The first kappa shape index (κ1) is 16.4. The minimum atomic E-state index is 0.0158. The number of likely N-dealkylation sites (N-methyl/N-ethyl adjacent to an activating group) is 1. The van der Waals surface area contributed by atoms with Crippen LogP contribution in [0.4, 0.5) is 17.1 Å². The van der Waals surface area contributed by atoms with Gasteiger partial charge in [-0.05, 0) is 57.2 Å². The Balaban J connectivity index is 1.93. The standard InChI is InChI=1S/C21H22ClN3/c1-21(2)13-14(10-11-25(21)3)20-16-6-4-5-7-17(16)23-18-9-8-15(22)12-19(18)24-20/h4-9,12-13,23H,10-11H2,1-3H3. The topological polar surface area (TPSA) is 27.6 Å². The number of hydrogen-bond acceptors (Lipinski definition) is 3. The monoisotopic (exact) mass is 351 g/mol.